The molecule has 3 rings (SSSR count). The van der Waals surface area contributed by atoms with Crippen LogP contribution in [-0.2, 0) is 23.2 Å². The Hall–Kier alpha value is -1.72. The van der Waals surface area contributed by atoms with Gasteiger partial charge in [0.25, 0.3) is 0 Å². The third-order valence-electron chi connectivity index (χ3n) is 5.01. The zero-order chi connectivity index (χ0) is 19.4. The van der Waals surface area contributed by atoms with Gasteiger partial charge in [0.1, 0.15) is 0 Å². The maximum Gasteiger partial charge on any atom is 0.222 e. The van der Waals surface area contributed by atoms with E-state index in [1.54, 1.807) is 11.3 Å². The largest absolute Gasteiger partial charge is 0.340 e. The molecule has 1 saturated heterocycles. The molecule has 2 aromatic rings. The fourth-order valence-corrected chi connectivity index (χ4v) is 4.28. The number of hydrogen-bond donors (Lipinski definition) is 0. The van der Waals surface area contributed by atoms with Crippen molar-refractivity contribution in [3.05, 3.63) is 51.5 Å². The summed E-state index contributed by atoms with van der Waals surface area (Å²) in [6, 6.07) is 8.44. The van der Waals surface area contributed by atoms with E-state index in [2.05, 4.69) is 62.2 Å². The van der Waals surface area contributed by atoms with Gasteiger partial charge in [0.2, 0.25) is 5.91 Å². The van der Waals surface area contributed by atoms with Crippen molar-refractivity contribution < 1.29 is 4.79 Å². The summed E-state index contributed by atoms with van der Waals surface area (Å²) >= 11 is 1.75. The lowest BCUT2D eigenvalue weighted by molar-refractivity contribution is -0.133. The lowest BCUT2D eigenvalue weighted by Crippen LogP contribution is -2.48. The predicted molar refractivity (Wildman–Crippen MR) is 112 cm³/mol. The standard InChI is InChI=1S/C22H31N3OS/c1-17-6-5-7-18(14-17)8-9-20(26)25-12-10-24(11-13-25)15-19-16-27-21(23-19)22(2,3)4/h5-7,14,16H,8-13,15H2,1-4H3. The molecule has 1 aliphatic rings. The van der Waals surface area contributed by atoms with Gasteiger partial charge in [0, 0.05) is 49.9 Å². The highest BCUT2D eigenvalue weighted by atomic mass is 32.1. The molecule has 0 N–H and O–H groups in total. The Kier molecular flexibility index (Phi) is 6.33. The van der Waals surface area contributed by atoms with Crippen molar-refractivity contribution in [2.24, 2.45) is 0 Å². The number of rotatable bonds is 5. The van der Waals surface area contributed by atoms with E-state index in [1.165, 1.54) is 16.1 Å². The van der Waals surface area contributed by atoms with Crippen LogP contribution in [0.25, 0.3) is 0 Å². The van der Waals surface area contributed by atoms with Gasteiger partial charge in [-0.2, -0.15) is 0 Å². The number of carbonyl (C=O) groups is 1. The topological polar surface area (TPSA) is 36.4 Å². The van der Waals surface area contributed by atoms with E-state index in [1.807, 2.05) is 4.90 Å². The second-order valence-electron chi connectivity index (χ2n) is 8.54. The second kappa shape index (κ2) is 8.53. The van der Waals surface area contributed by atoms with Crippen molar-refractivity contribution in [2.75, 3.05) is 26.2 Å². The van der Waals surface area contributed by atoms with Gasteiger partial charge in [-0.15, -0.1) is 11.3 Å². The number of carbonyl (C=O) groups excluding carboxylic acids is 1. The molecule has 0 atom stereocenters. The number of benzene rings is 1. The highest BCUT2D eigenvalue weighted by molar-refractivity contribution is 7.09. The first kappa shape index (κ1) is 20.0. The van der Waals surface area contributed by atoms with Crippen molar-refractivity contribution in [1.29, 1.82) is 0 Å². The summed E-state index contributed by atoms with van der Waals surface area (Å²) < 4.78 is 0. The molecular formula is C22H31N3OS. The summed E-state index contributed by atoms with van der Waals surface area (Å²) in [6.45, 7) is 13.1. The number of aryl methyl sites for hydroxylation is 2. The minimum atomic E-state index is 0.116. The Balaban J connectivity index is 1.44. The molecule has 1 fully saturated rings. The van der Waals surface area contributed by atoms with Crippen LogP contribution >= 0.6 is 11.3 Å². The van der Waals surface area contributed by atoms with E-state index in [0.29, 0.717) is 6.42 Å². The second-order valence-corrected chi connectivity index (χ2v) is 9.40. The van der Waals surface area contributed by atoms with Crippen molar-refractivity contribution in [3.63, 3.8) is 0 Å². The molecule has 0 spiro atoms. The molecular weight excluding hydrogens is 354 g/mol. The monoisotopic (exact) mass is 385 g/mol. The molecule has 0 unspecified atom stereocenters. The van der Waals surface area contributed by atoms with Gasteiger partial charge in [-0.1, -0.05) is 50.6 Å². The Morgan fingerprint density at radius 1 is 1.19 bits per heavy atom. The van der Waals surface area contributed by atoms with Crippen LogP contribution in [0.5, 0.6) is 0 Å². The SMILES string of the molecule is Cc1cccc(CCC(=O)N2CCN(Cc3csc(C(C)(C)C)n3)CC2)c1. The van der Waals surface area contributed by atoms with Crippen LogP contribution in [0.2, 0.25) is 0 Å². The van der Waals surface area contributed by atoms with Gasteiger partial charge in [0.05, 0.1) is 10.7 Å². The molecule has 0 aliphatic carbocycles. The molecule has 0 saturated carbocycles. The first-order valence-corrected chi connectivity index (χ1v) is 10.7. The van der Waals surface area contributed by atoms with Crippen LogP contribution in [0, 0.1) is 6.92 Å². The van der Waals surface area contributed by atoms with Crippen molar-refractivity contribution in [1.82, 2.24) is 14.8 Å². The maximum atomic E-state index is 12.5. The Labute approximate surface area is 167 Å². The molecule has 4 nitrogen and oxygen atoms in total. The Morgan fingerprint density at radius 2 is 1.93 bits per heavy atom. The summed E-state index contributed by atoms with van der Waals surface area (Å²) in [5, 5.41) is 3.38. The molecule has 1 aromatic heterocycles. The lowest BCUT2D eigenvalue weighted by atomic mass is 9.98. The van der Waals surface area contributed by atoms with Crippen LogP contribution in [0.4, 0.5) is 0 Å². The van der Waals surface area contributed by atoms with Crippen LogP contribution in [-0.4, -0.2) is 46.9 Å². The van der Waals surface area contributed by atoms with Gasteiger partial charge in [-0.25, -0.2) is 4.98 Å². The molecule has 2 heterocycles. The average molecular weight is 386 g/mol. The van der Waals surface area contributed by atoms with E-state index in [9.17, 15) is 4.79 Å². The summed E-state index contributed by atoms with van der Waals surface area (Å²) in [5.41, 5.74) is 3.78. The molecule has 1 aliphatic heterocycles. The molecule has 1 amide bonds. The number of aromatic nitrogens is 1. The van der Waals surface area contributed by atoms with Gasteiger partial charge in [-0.3, -0.25) is 9.69 Å². The van der Waals surface area contributed by atoms with E-state index in [4.69, 9.17) is 4.98 Å². The number of hydrogen-bond acceptors (Lipinski definition) is 4. The average Bonchev–Trinajstić information content (AvgIpc) is 3.09. The number of amides is 1. The number of piperazine rings is 1. The van der Waals surface area contributed by atoms with Crippen molar-refractivity contribution in [2.45, 2.75) is 52.5 Å². The van der Waals surface area contributed by atoms with Gasteiger partial charge in [0.15, 0.2) is 0 Å². The number of nitrogens with zero attached hydrogens (tertiary/aromatic N) is 3. The van der Waals surface area contributed by atoms with E-state index < -0.39 is 0 Å². The first-order valence-electron chi connectivity index (χ1n) is 9.82. The highest BCUT2D eigenvalue weighted by Crippen LogP contribution is 2.26. The predicted octanol–water partition coefficient (Wildman–Crippen LogP) is 4.03. The Bertz CT molecular complexity index is 770. The quantitative estimate of drug-likeness (QED) is 0.780. The summed E-state index contributed by atoms with van der Waals surface area (Å²) in [6.07, 6.45) is 1.43. The summed E-state index contributed by atoms with van der Waals surface area (Å²) in [5.74, 6) is 0.278. The summed E-state index contributed by atoms with van der Waals surface area (Å²) in [7, 11) is 0. The van der Waals surface area contributed by atoms with Crippen LogP contribution < -0.4 is 0 Å². The third-order valence-corrected chi connectivity index (χ3v) is 6.33. The van der Waals surface area contributed by atoms with Crippen molar-refractivity contribution in [3.8, 4) is 0 Å². The normalized spacial score (nSPS) is 15.9. The molecule has 1 aromatic carbocycles. The van der Waals surface area contributed by atoms with E-state index in [-0.39, 0.29) is 11.3 Å². The third kappa shape index (κ3) is 5.63. The van der Waals surface area contributed by atoms with Crippen LogP contribution in [0.3, 0.4) is 0 Å². The summed E-state index contributed by atoms with van der Waals surface area (Å²) in [4.78, 5) is 21.8. The fraction of sp³-hybridized carbons (Fsp3) is 0.545. The van der Waals surface area contributed by atoms with E-state index in [0.717, 1.165) is 44.8 Å². The van der Waals surface area contributed by atoms with Crippen LogP contribution in [0.1, 0.15) is 49.0 Å². The van der Waals surface area contributed by atoms with Gasteiger partial charge in [-0.05, 0) is 18.9 Å². The maximum absolute atomic E-state index is 12.5. The molecule has 0 radical (unpaired) electrons. The fourth-order valence-electron chi connectivity index (χ4n) is 3.39. The zero-order valence-electron chi connectivity index (χ0n) is 17.0. The lowest BCUT2D eigenvalue weighted by Gasteiger charge is -2.34. The number of thiazole rings is 1. The first-order chi connectivity index (χ1) is 12.8. The molecule has 27 heavy (non-hydrogen) atoms. The molecule has 146 valence electrons. The van der Waals surface area contributed by atoms with Gasteiger partial charge < -0.3 is 4.90 Å². The van der Waals surface area contributed by atoms with Crippen LogP contribution in [0.15, 0.2) is 29.6 Å². The Morgan fingerprint density at radius 3 is 2.56 bits per heavy atom. The van der Waals surface area contributed by atoms with Crippen molar-refractivity contribution >= 4 is 17.2 Å². The minimum Gasteiger partial charge on any atom is -0.340 e. The van der Waals surface area contributed by atoms with Gasteiger partial charge >= 0.3 is 0 Å². The smallest absolute Gasteiger partial charge is 0.222 e. The molecule has 0 bridgehead atoms. The van der Waals surface area contributed by atoms with E-state index >= 15 is 0 Å². The minimum absolute atomic E-state index is 0.116. The molecule has 5 heteroatoms. The highest BCUT2D eigenvalue weighted by Gasteiger charge is 2.23. The zero-order valence-corrected chi connectivity index (χ0v) is 17.8.